The maximum absolute atomic E-state index is 12.6. The number of ether oxygens (including phenoxy) is 2. The van der Waals surface area contributed by atoms with E-state index in [4.69, 9.17) is 9.47 Å². The molecule has 1 heterocycles. The molecule has 5 heteroatoms. The number of hydrogen-bond donors (Lipinski definition) is 1. The molecular weight excluding hydrogens is 292 g/mol. The highest BCUT2D eigenvalue weighted by molar-refractivity contribution is 5.83. The maximum atomic E-state index is 12.6. The summed E-state index contributed by atoms with van der Waals surface area (Å²) < 4.78 is 10.7. The average Bonchev–Trinajstić information content (AvgIpc) is 3.04. The van der Waals surface area contributed by atoms with Crippen molar-refractivity contribution in [1.82, 2.24) is 10.2 Å². The van der Waals surface area contributed by atoms with Gasteiger partial charge in [0.05, 0.1) is 19.8 Å². The molecule has 1 spiro atoms. The number of likely N-dealkylation sites (N-methyl/N-ethyl adjacent to an activating group) is 1. The van der Waals surface area contributed by atoms with Crippen LogP contribution in [0.3, 0.4) is 0 Å². The van der Waals surface area contributed by atoms with Gasteiger partial charge in [-0.2, -0.15) is 0 Å². The number of carbonyl (C=O) groups excluding carboxylic acids is 1. The number of nitrogens with one attached hydrogen (secondary N) is 1. The molecule has 1 saturated carbocycles. The fourth-order valence-corrected chi connectivity index (χ4v) is 3.49. The first-order valence-electron chi connectivity index (χ1n) is 8.21. The van der Waals surface area contributed by atoms with Crippen LogP contribution in [0.15, 0.2) is 24.3 Å². The van der Waals surface area contributed by atoms with Crippen molar-refractivity contribution in [3.8, 4) is 5.75 Å². The van der Waals surface area contributed by atoms with Crippen molar-refractivity contribution in [2.75, 3.05) is 41.0 Å². The summed E-state index contributed by atoms with van der Waals surface area (Å²) in [6.45, 7) is 2.31. The Labute approximate surface area is 137 Å². The van der Waals surface area contributed by atoms with Gasteiger partial charge in [0.2, 0.25) is 5.91 Å². The molecular formula is C18H26N2O3. The third kappa shape index (κ3) is 3.51. The number of nitrogens with zero attached hydrogens (tertiary/aromatic N) is 1. The van der Waals surface area contributed by atoms with Gasteiger partial charge in [-0.15, -0.1) is 0 Å². The van der Waals surface area contributed by atoms with Gasteiger partial charge in [0.15, 0.2) is 0 Å². The van der Waals surface area contributed by atoms with Crippen LogP contribution in [0.2, 0.25) is 0 Å². The number of carbonyl (C=O) groups is 1. The van der Waals surface area contributed by atoms with Crippen molar-refractivity contribution in [2.24, 2.45) is 11.3 Å². The second-order valence-electron chi connectivity index (χ2n) is 7.02. The predicted molar refractivity (Wildman–Crippen MR) is 88.4 cm³/mol. The third-order valence-corrected chi connectivity index (χ3v) is 5.02. The zero-order valence-corrected chi connectivity index (χ0v) is 14.2. The molecule has 3 unspecified atom stereocenters. The Hall–Kier alpha value is -1.59. The van der Waals surface area contributed by atoms with Gasteiger partial charge in [0, 0.05) is 24.5 Å². The lowest BCUT2D eigenvalue weighted by Crippen LogP contribution is -2.37. The van der Waals surface area contributed by atoms with E-state index < -0.39 is 0 Å². The summed E-state index contributed by atoms with van der Waals surface area (Å²) in [5.74, 6) is 1.11. The van der Waals surface area contributed by atoms with Gasteiger partial charge < -0.3 is 19.7 Å². The summed E-state index contributed by atoms with van der Waals surface area (Å²) in [4.78, 5) is 14.7. The molecule has 1 aliphatic carbocycles. The van der Waals surface area contributed by atoms with Crippen LogP contribution in [0.25, 0.3) is 0 Å². The lowest BCUT2D eigenvalue weighted by atomic mass is 10.0. The van der Waals surface area contributed by atoms with Crippen molar-refractivity contribution < 1.29 is 14.3 Å². The molecule has 1 aliphatic heterocycles. The number of benzene rings is 1. The lowest BCUT2D eigenvalue weighted by molar-refractivity contribution is -0.124. The highest BCUT2D eigenvalue weighted by Crippen LogP contribution is 2.58. The largest absolute Gasteiger partial charge is 0.497 e. The van der Waals surface area contributed by atoms with Gasteiger partial charge in [-0.3, -0.25) is 4.79 Å². The van der Waals surface area contributed by atoms with E-state index in [0.29, 0.717) is 0 Å². The molecule has 1 N–H and O–H groups in total. The Kier molecular flexibility index (Phi) is 4.60. The van der Waals surface area contributed by atoms with Crippen molar-refractivity contribution in [2.45, 2.75) is 18.9 Å². The lowest BCUT2D eigenvalue weighted by Gasteiger charge is -2.23. The molecule has 1 aromatic rings. The van der Waals surface area contributed by atoms with E-state index in [1.165, 1.54) is 0 Å². The molecule has 23 heavy (non-hydrogen) atoms. The van der Waals surface area contributed by atoms with Crippen LogP contribution in [0, 0.1) is 11.3 Å². The van der Waals surface area contributed by atoms with Crippen LogP contribution >= 0.6 is 0 Å². The van der Waals surface area contributed by atoms with Crippen LogP contribution in [-0.2, 0) is 9.53 Å². The van der Waals surface area contributed by atoms with Crippen LogP contribution < -0.4 is 10.1 Å². The number of hydrogen-bond acceptors (Lipinski definition) is 4. The van der Waals surface area contributed by atoms with E-state index in [-0.39, 0.29) is 23.3 Å². The summed E-state index contributed by atoms with van der Waals surface area (Å²) in [6, 6.07) is 7.91. The quantitative estimate of drug-likeness (QED) is 0.869. The van der Waals surface area contributed by atoms with Crippen molar-refractivity contribution in [3.05, 3.63) is 29.8 Å². The van der Waals surface area contributed by atoms with E-state index in [1.807, 2.05) is 38.4 Å². The minimum Gasteiger partial charge on any atom is -0.497 e. The van der Waals surface area contributed by atoms with Crippen LogP contribution in [0.5, 0.6) is 5.75 Å². The molecule has 1 saturated heterocycles. The molecule has 0 aromatic heterocycles. The van der Waals surface area contributed by atoms with E-state index in [0.717, 1.165) is 43.9 Å². The molecule has 1 aromatic carbocycles. The molecule has 126 valence electrons. The summed E-state index contributed by atoms with van der Waals surface area (Å²) in [5.41, 5.74) is 1.23. The predicted octanol–water partition coefficient (Wildman–Crippen LogP) is 1.84. The van der Waals surface area contributed by atoms with E-state index in [2.05, 4.69) is 10.2 Å². The third-order valence-electron chi connectivity index (χ3n) is 5.02. The second-order valence-corrected chi connectivity index (χ2v) is 7.02. The zero-order valence-electron chi connectivity index (χ0n) is 14.2. The Morgan fingerprint density at radius 1 is 1.43 bits per heavy atom. The van der Waals surface area contributed by atoms with Gasteiger partial charge in [-0.25, -0.2) is 0 Å². The van der Waals surface area contributed by atoms with E-state index >= 15 is 0 Å². The summed E-state index contributed by atoms with van der Waals surface area (Å²) in [6.07, 6.45) is 1.99. The summed E-state index contributed by atoms with van der Waals surface area (Å²) in [5, 5.41) is 3.24. The van der Waals surface area contributed by atoms with Crippen molar-refractivity contribution >= 4 is 5.91 Å². The normalized spacial score (nSPS) is 27.2. The number of amides is 1. The Morgan fingerprint density at radius 2 is 2.17 bits per heavy atom. The molecule has 0 bridgehead atoms. The molecule has 3 atom stereocenters. The fourth-order valence-electron chi connectivity index (χ4n) is 3.49. The fraction of sp³-hybridized carbons (Fsp3) is 0.611. The maximum Gasteiger partial charge on any atom is 0.224 e. The first-order chi connectivity index (χ1) is 11.0. The molecule has 2 fully saturated rings. The minimum absolute atomic E-state index is 0.0108. The molecule has 1 amide bonds. The van der Waals surface area contributed by atoms with Crippen LogP contribution in [0.4, 0.5) is 0 Å². The van der Waals surface area contributed by atoms with Gasteiger partial charge >= 0.3 is 0 Å². The van der Waals surface area contributed by atoms with Gasteiger partial charge in [-0.1, -0.05) is 12.1 Å². The Bertz CT molecular complexity index is 550. The molecule has 5 nitrogen and oxygen atoms in total. The number of rotatable bonds is 6. The Balaban J connectivity index is 1.67. The molecule has 3 rings (SSSR count). The zero-order chi connectivity index (χ0) is 16.4. The summed E-state index contributed by atoms with van der Waals surface area (Å²) in [7, 11) is 5.70. The van der Waals surface area contributed by atoms with Crippen molar-refractivity contribution in [3.63, 3.8) is 0 Å². The van der Waals surface area contributed by atoms with Gasteiger partial charge in [0.1, 0.15) is 5.75 Å². The van der Waals surface area contributed by atoms with Crippen molar-refractivity contribution in [1.29, 1.82) is 0 Å². The SMILES string of the molecule is COc1ccc(C(CN(C)C)NC(=O)C2CC23CCOC3)cc1. The Morgan fingerprint density at radius 3 is 2.74 bits per heavy atom. The highest BCUT2D eigenvalue weighted by atomic mass is 16.5. The van der Waals surface area contributed by atoms with E-state index in [1.54, 1.807) is 7.11 Å². The number of methoxy groups -OCH3 is 1. The van der Waals surface area contributed by atoms with Crippen LogP contribution in [-0.4, -0.2) is 51.8 Å². The summed E-state index contributed by atoms with van der Waals surface area (Å²) >= 11 is 0. The standard InChI is InChI=1S/C18H26N2O3/c1-20(2)11-16(13-4-6-14(22-3)7-5-13)19-17(21)15-10-18(15)8-9-23-12-18/h4-7,15-16H,8-12H2,1-3H3,(H,19,21). The first-order valence-corrected chi connectivity index (χ1v) is 8.21. The average molecular weight is 318 g/mol. The smallest absolute Gasteiger partial charge is 0.224 e. The monoisotopic (exact) mass is 318 g/mol. The van der Waals surface area contributed by atoms with Crippen LogP contribution in [0.1, 0.15) is 24.4 Å². The molecule has 2 aliphatic rings. The topological polar surface area (TPSA) is 50.8 Å². The first kappa shape index (κ1) is 16.3. The minimum atomic E-state index is -0.0108. The van der Waals surface area contributed by atoms with Gasteiger partial charge in [0.25, 0.3) is 0 Å². The van der Waals surface area contributed by atoms with E-state index in [9.17, 15) is 4.79 Å². The second kappa shape index (κ2) is 6.49. The van der Waals surface area contributed by atoms with Gasteiger partial charge in [-0.05, 0) is 44.6 Å². The highest BCUT2D eigenvalue weighted by Gasteiger charge is 2.59. The molecule has 0 radical (unpaired) electrons.